The third-order valence-corrected chi connectivity index (χ3v) is 1.22. The zero-order chi connectivity index (χ0) is 8.27. The molecule has 0 fully saturated rings. The number of rotatable bonds is 2. The highest BCUT2D eigenvalue weighted by molar-refractivity contribution is 5.85. The lowest BCUT2D eigenvalue weighted by Crippen LogP contribution is -2.00. The fourth-order valence-corrected chi connectivity index (χ4v) is 0.691. The van der Waals surface area contributed by atoms with Crippen LogP contribution in [0.4, 0.5) is 5.69 Å². The summed E-state index contributed by atoms with van der Waals surface area (Å²) in [5.41, 5.74) is 5.79. The molecule has 1 aromatic rings. The summed E-state index contributed by atoms with van der Waals surface area (Å²) < 4.78 is 0. The molecule has 12 heavy (non-hydrogen) atoms. The van der Waals surface area contributed by atoms with E-state index in [0.29, 0.717) is 5.69 Å². The Kier molecular flexibility index (Phi) is 4.17. The van der Waals surface area contributed by atoms with Crippen molar-refractivity contribution in [2.75, 3.05) is 0 Å². The van der Waals surface area contributed by atoms with Crippen LogP contribution in [0.1, 0.15) is 5.69 Å². The number of nitrogens with two attached hydrogens (primary N) is 1. The van der Waals surface area contributed by atoms with Gasteiger partial charge in [0.2, 0.25) is 0 Å². The number of aromatic nitrogens is 1. The standard InChI is InChI=1S/C6H7N3O2.ClH/c7-4-5-3-6(9(10)11)1-2-8-5;/h1-3H,4,7H2;1H. The second-order valence-corrected chi connectivity index (χ2v) is 1.97. The van der Waals surface area contributed by atoms with E-state index in [-0.39, 0.29) is 24.6 Å². The van der Waals surface area contributed by atoms with Crippen LogP contribution in [0.25, 0.3) is 0 Å². The molecule has 0 spiro atoms. The molecule has 6 heteroatoms. The van der Waals surface area contributed by atoms with Crippen molar-refractivity contribution in [3.63, 3.8) is 0 Å². The number of hydrogen-bond acceptors (Lipinski definition) is 4. The molecule has 0 aromatic carbocycles. The first-order chi connectivity index (χ1) is 5.24. The van der Waals surface area contributed by atoms with E-state index in [2.05, 4.69) is 4.98 Å². The molecule has 1 aromatic heterocycles. The molecule has 5 nitrogen and oxygen atoms in total. The highest BCUT2D eigenvalue weighted by Gasteiger charge is 2.04. The summed E-state index contributed by atoms with van der Waals surface area (Å²) in [6.07, 6.45) is 1.38. The first-order valence-electron chi connectivity index (χ1n) is 3.03. The lowest BCUT2D eigenvalue weighted by Gasteiger charge is -1.93. The van der Waals surface area contributed by atoms with Crippen LogP contribution in [-0.2, 0) is 6.54 Å². The Morgan fingerprint density at radius 3 is 2.83 bits per heavy atom. The van der Waals surface area contributed by atoms with Crippen LogP contribution >= 0.6 is 12.4 Å². The maximum absolute atomic E-state index is 10.2. The molecule has 1 heterocycles. The highest BCUT2D eigenvalue weighted by Crippen LogP contribution is 2.09. The third kappa shape index (κ3) is 2.44. The molecule has 0 unspecified atom stereocenters. The Labute approximate surface area is 75.2 Å². The van der Waals surface area contributed by atoms with Gasteiger partial charge in [0.05, 0.1) is 10.6 Å². The van der Waals surface area contributed by atoms with E-state index in [0.717, 1.165) is 0 Å². The number of pyridine rings is 1. The minimum atomic E-state index is -0.471. The summed E-state index contributed by atoms with van der Waals surface area (Å²) in [6, 6.07) is 2.69. The van der Waals surface area contributed by atoms with Gasteiger partial charge in [0, 0.05) is 24.9 Å². The van der Waals surface area contributed by atoms with Crippen molar-refractivity contribution >= 4 is 18.1 Å². The molecule has 0 aliphatic heterocycles. The summed E-state index contributed by atoms with van der Waals surface area (Å²) in [4.78, 5) is 13.5. The summed E-state index contributed by atoms with van der Waals surface area (Å²) in [5, 5.41) is 10.2. The van der Waals surface area contributed by atoms with Crippen LogP contribution in [0.5, 0.6) is 0 Å². The van der Waals surface area contributed by atoms with Crippen LogP contribution in [0.2, 0.25) is 0 Å². The van der Waals surface area contributed by atoms with Crippen molar-refractivity contribution in [1.82, 2.24) is 4.98 Å². The molecular formula is C6H8ClN3O2. The van der Waals surface area contributed by atoms with E-state index >= 15 is 0 Å². The van der Waals surface area contributed by atoms with Crippen molar-refractivity contribution in [1.29, 1.82) is 0 Å². The van der Waals surface area contributed by atoms with Crippen molar-refractivity contribution in [3.8, 4) is 0 Å². The Bertz CT molecular complexity index is 279. The summed E-state index contributed by atoms with van der Waals surface area (Å²) >= 11 is 0. The predicted molar refractivity (Wildman–Crippen MR) is 46.0 cm³/mol. The molecule has 0 bridgehead atoms. The quantitative estimate of drug-likeness (QED) is 0.553. The normalized spacial score (nSPS) is 8.75. The lowest BCUT2D eigenvalue weighted by atomic mass is 10.3. The Morgan fingerprint density at radius 2 is 2.33 bits per heavy atom. The monoisotopic (exact) mass is 189 g/mol. The molecule has 0 radical (unpaired) electrons. The lowest BCUT2D eigenvalue weighted by molar-refractivity contribution is -0.385. The van der Waals surface area contributed by atoms with Gasteiger partial charge in [0.25, 0.3) is 5.69 Å². The first kappa shape index (κ1) is 10.8. The fraction of sp³-hybridized carbons (Fsp3) is 0.167. The van der Waals surface area contributed by atoms with Gasteiger partial charge in [0.1, 0.15) is 0 Å². The van der Waals surface area contributed by atoms with Crippen LogP contribution in [0, 0.1) is 10.1 Å². The Balaban J connectivity index is 0.00000121. The zero-order valence-electron chi connectivity index (χ0n) is 6.14. The molecule has 0 aliphatic rings. The largest absolute Gasteiger partial charge is 0.325 e. The van der Waals surface area contributed by atoms with Crippen molar-refractivity contribution < 1.29 is 4.92 Å². The predicted octanol–water partition coefficient (Wildman–Crippen LogP) is 0.870. The van der Waals surface area contributed by atoms with Gasteiger partial charge in [-0.3, -0.25) is 15.1 Å². The maximum atomic E-state index is 10.2. The second kappa shape index (κ2) is 4.63. The minimum Gasteiger partial charge on any atom is -0.325 e. The molecule has 0 atom stereocenters. The summed E-state index contributed by atoms with van der Waals surface area (Å²) in [6.45, 7) is 0.224. The first-order valence-corrected chi connectivity index (χ1v) is 3.03. The number of hydrogen-bond donors (Lipinski definition) is 1. The highest BCUT2D eigenvalue weighted by atomic mass is 35.5. The van der Waals surface area contributed by atoms with Crippen molar-refractivity contribution in [3.05, 3.63) is 34.1 Å². The van der Waals surface area contributed by atoms with E-state index in [4.69, 9.17) is 5.73 Å². The van der Waals surface area contributed by atoms with E-state index in [1.807, 2.05) is 0 Å². The summed E-state index contributed by atoms with van der Waals surface area (Å²) in [7, 11) is 0. The van der Waals surface area contributed by atoms with Crippen LogP contribution in [-0.4, -0.2) is 9.91 Å². The van der Waals surface area contributed by atoms with Gasteiger partial charge in [0.15, 0.2) is 0 Å². The van der Waals surface area contributed by atoms with Crippen LogP contribution in [0.3, 0.4) is 0 Å². The van der Waals surface area contributed by atoms with E-state index < -0.39 is 4.92 Å². The Hall–Kier alpha value is -1.20. The minimum absolute atomic E-state index is 0. The van der Waals surface area contributed by atoms with E-state index in [9.17, 15) is 10.1 Å². The molecular weight excluding hydrogens is 182 g/mol. The van der Waals surface area contributed by atoms with Gasteiger partial charge in [-0.15, -0.1) is 12.4 Å². The average Bonchev–Trinajstić information content (AvgIpc) is 2.05. The van der Waals surface area contributed by atoms with Crippen LogP contribution in [0.15, 0.2) is 18.3 Å². The van der Waals surface area contributed by atoms with Gasteiger partial charge < -0.3 is 5.73 Å². The second-order valence-electron chi connectivity index (χ2n) is 1.97. The number of nitrogens with zero attached hydrogens (tertiary/aromatic N) is 2. The molecule has 0 saturated heterocycles. The van der Waals surface area contributed by atoms with Crippen molar-refractivity contribution in [2.24, 2.45) is 5.73 Å². The molecule has 2 N–H and O–H groups in total. The van der Waals surface area contributed by atoms with Gasteiger partial charge in [-0.1, -0.05) is 0 Å². The fourth-order valence-electron chi connectivity index (χ4n) is 0.691. The van der Waals surface area contributed by atoms with E-state index in [1.165, 1.54) is 18.3 Å². The van der Waals surface area contributed by atoms with Gasteiger partial charge in [-0.25, -0.2) is 0 Å². The smallest absolute Gasteiger partial charge is 0.272 e. The van der Waals surface area contributed by atoms with Gasteiger partial charge in [-0.05, 0) is 0 Å². The molecule has 0 saturated carbocycles. The Morgan fingerprint density at radius 1 is 1.67 bits per heavy atom. The number of nitro groups is 1. The average molecular weight is 190 g/mol. The molecule has 1 rings (SSSR count). The zero-order valence-corrected chi connectivity index (χ0v) is 6.95. The topological polar surface area (TPSA) is 82.0 Å². The molecule has 66 valence electrons. The SMILES string of the molecule is Cl.NCc1cc([N+](=O)[O-])ccn1. The van der Waals surface area contributed by atoms with Crippen LogP contribution < -0.4 is 5.73 Å². The van der Waals surface area contributed by atoms with Gasteiger partial charge >= 0.3 is 0 Å². The third-order valence-electron chi connectivity index (χ3n) is 1.22. The van der Waals surface area contributed by atoms with Crippen molar-refractivity contribution in [2.45, 2.75) is 6.54 Å². The maximum Gasteiger partial charge on any atom is 0.272 e. The summed E-state index contributed by atoms with van der Waals surface area (Å²) in [5.74, 6) is 0. The van der Waals surface area contributed by atoms with E-state index in [1.54, 1.807) is 0 Å². The molecule has 0 aliphatic carbocycles. The number of halogens is 1. The van der Waals surface area contributed by atoms with Gasteiger partial charge in [-0.2, -0.15) is 0 Å². The molecule has 0 amide bonds.